The normalized spacial score (nSPS) is 14.3. The monoisotopic (exact) mass is 371 g/mol. The summed E-state index contributed by atoms with van der Waals surface area (Å²) in [5.74, 6) is 0.675. The summed E-state index contributed by atoms with van der Waals surface area (Å²) in [6.07, 6.45) is 7.74. The minimum atomic E-state index is 0.656. The number of hydrogen-bond donors (Lipinski definition) is 0. The van der Waals surface area contributed by atoms with Crippen molar-refractivity contribution in [2.75, 3.05) is 6.54 Å². The molecule has 0 radical (unpaired) electrons. The summed E-state index contributed by atoms with van der Waals surface area (Å²) >= 11 is 12.3. The summed E-state index contributed by atoms with van der Waals surface area (Å²) in [6, 6.07) is 5.64. The Morgan fingerprint density at radius 1 is 1.08 bits per heavy atom. The predicted octanol–water partition coefficient (Wildman–Crippen LogP) is 3.80. The molecule has 1 aliphatic heterocycles. The topological polar surface area (TPSA) is 54.8 Å². The molecule has 25 heavy (non-hydrogen) atoms. The maximum atomic E-state index is 6.29. The molecule has 0 N–H and O–H groups in total. The Morgan fingerprint density at radius 2 is 1.92 bits per heavy atom. The third-order valence-corrected chi connectivity index (χ3v) is 4.83. The molecule has 0 saturated heterocycles. The molecular weight excluding hydrogens is 357 g/mol. The van der Waals surface area contributed by atoms with E-state index in [9.17, 15) is 0 Å². The van der Waals surface area contributed by atoms with E-state index < -0.39 is 0 Å². The Kier molecular flexibility index (Phi) is 4.61. The van der Waals surface area contributed by atoms with Gasteiger partial charge in [-0.1, -0.05) is 29.3 Å². The lowest BCUT2D eigenvalue weighted by atomic mass is 10.1. The van der Waals surface area contributed by atoms with Crippen molar-refractivity contribution in [3.05, 3.63) is 70.0 Å². The highest BCUT2D eigenvalue weighted by molar-refractivity contribution is 6.35. The highest BCUT2D eigenvalue weighted by Crippen LogP contribution is 2.25. The average molecular weight is 372 g/mol. The van der Waals surface area contributed by atoms with Gasteiger partial charge in [-0.15, -0.1) is 0 Å². The molecule has 0 atom stereocenters. The molecule has 7 heteroatoms. The van der Waals surface area contributed by atoms with E-state index in [2.05, 4.69) is 19.9 Å². The van der Waals surface area contributed by atoms with Crippen LogP contribution in [-0.4, -0.2) is 31.4 Å². The van der Waals surface area contributed by atoms with E-state index in [1.54, 1.807) is 18.5 Å². The molecule has 1 aromatic carbocycles. The van der Waals surface area contributed by atoms with Crippen molar-refractivity contribution in [1.29, 1.82) is 0 Å². The van der Waals surface area contributed by atoms with Crippen molar-refractivity contribution < 1.29 is 0 Å². The van der Waals surface area contributed by atoms with Gasteiger partial charge in [-0.2, -0.15) is 0 Å². The van der Waals surface area contributed by atoms with Crippen molar-refractivity contribution in [2.45, 2.75) is 19.5 Å². The first-order chi connectivity index (χ1) is 12.2. The summed E-state index contributed by atoms with van der Waals surface area (Å²) in [5, 5.41) is 1.36. The maximum absolute atomic E-state index is 6.29. The maximum Gasteiger partial charge on any atom is 0.162 e. The zero-order chi connectivity index (χ0) is 17.2. The van der Waals surface area contributed by atoms with Crippen LogP contribution in [0, 0.1) is 0 Å². The molecule has 1 aliphatic rings. The largest absolute Gasteiger partial charge is 0.294 e. The fraction of sp³-hybridized carbons (Fsp3) is 0.222. The Balaban J connectivity index is 1.52. The van der Waals surface area contributed by atoms with Gasteiger partial charge in [0.15, 0.2) is 5.82 Å². The fourth-order valence-corrected chi connectivity index (χ4v) is 3.42. The third kappa shape index (κ3) is 3.63. The molecule has 126 valence electrons. The lowest BCUT2D eigenvalue weighted by Crippen LogP contribution is -2.31. The van der Waals surface area contributed by atoms with Gasteiger partial charge in [-0.05, 0) is 17.7 Å². The van der Waals surface area contributed by atoms with E-state index in [1.807, 2.05) is 18.3 Å². The molecule has 0 aliphatic carbocycles. The van der Waals surface area contributed by atoms with Crippen molar-refractivity contribution in [1.82, 2.24) is 24.8 Å². The summed E-state index contributed by atoms with van der Waals surface area (Å²) in [5.41, 5.74) is 4.15. The minimum absolute atomic E-state index is 0.656. The van der Waals surface area contributed by atoms with Gasteiger partial charge in [0.1, 0.15) is 6.33 Å². The fourth-order valence-electron chi connectivity index (χ4n) is 2.95. The first-order valence-corrected chi connectivity index (χ1v) is 8.71. The van der Waals surface area contributed by atoms with Gasteiger partial charge in [0.05, 0.1) is 11.3 Å². The second-order valence-electron chi connectivity index (χ2n) is 5.99. The number of halogens is 2. The highest BCUT2D eigenvalue weighted by atomic mass is 35.5. The van der Waals surface area contributed by atoms with E-state index in [-0.39, 0.29) is 0 Å². The summed E-state index contributed by atoms with van der Waals surface area (Å²) in [7, 11) is 0. The van der Waals surface area contributed by atoms with Gasteiger partial charge in [0, 0.05) is 60.3 Å². The summed E-state index contributed by atoms with van der Waals surface area (Å²) < 4.78 is 0. The van der Waals surface area contributed by atoms with Crippen LogP contribution in [-0.2, 0) is 19.5 Å². The number of aromatic nitrogens is 4. The van der Waals surface area contributed by atoms with Crippen LogP contribution >= 0.6 is 23.2 Å². The second kappa shape index (κ2) is 7.04. The van der Waals surface area contributed by atoms with E-state index in [1.165, 1.54) is 6.33 Å². The smallest absolute Gasteiger partial charge is 0.162 e. The van der Waals surface area contributed by atoms with Gasteiger partial charge in [0.2, 0.25) is 0 Å². The predicted molar refractivity (Wildman–Crippen MR) is 97.3 cm³/mol. The van der Waals surface area contributed by atoms with E-state index in [0.29, 0.717) is 15.9 Å². The van der Waals surface area contributed by atoms with Crippen LogP contribution in [0.4, 0.5) is 0 Å². The minimum Gasteiger partial charge on any atom is -0.294 e. The number of hydrogen-bond acceptors (Lipinski definition) is 5. The van der Waals surface area contributed by atoms with Crippen LogP contribution in [0.3, 0.4) is 0 Å². The van der Waals surface area contributed by atoms with Gasteiger partial charge in [-0.3, -0.25) is 4.90 Å². The molecule has 0 fully saturated rings. The van der Waals surface area contributed by atoms with Crippen LogP contribution in [0.2, 0.25) is 10.0 Å². The third-order valence-electron chi connectivity index (χ3n) is 4.24. The van der Waals surface area contributed by atoms with E-state index in [0.717, 1.165) is 48.4 Å². The first kappa shape index (κ1) is 16.4. The van der Waals surface area contributed by atoms with Crippen molar-refractivity contribution in [3.63, 3.8) is 0 Å². The lowest BCUT2D eigenvalue weighted by molar-refractivity contribution is 0.243. The summed E-state index contributed by atoms with van der Waals surface area (Å²) in [4.78, 5) is 19.6. The molecule has 0 saturated carbocycles. The molecular formula is C18H15Cl2N5. The zero-order valence-corrected chi connectivity index (χ0v) is 14.9. The van der Waals surface area contributed by atoms with Gasteiger partial charge >= 0.3 is 0 Å². The van der Waals surface area contributed by atoms with Crippen LogP contribution in [0.15, 0.2) is 43.1 Å². The number of nitrogens with zero attached hydrogens (tertiary/aromatic N) is 5. The van der Waals surface area contributed by atoms with Crippen LogP contribution in [0.1, 0.15) is 16.8 Å². The molecule has 3 aromatic rings. The first-order valence-electron chi connectivity index (χ1n) is 7.95. The Bertz CT molecular complexity index is 901. The lowest BCUT2D eigenvalue weighted by Gasteiger charge is -2.28. The number of rotatable bonds is 3. The quantitative estimate of drug-likeness (QED) is 0.700. The molecule has 5 nitrogen and oxygen atoms in total. The van der Waals surface area contributed by atoms with Gasteiger partial charge in [-0.25, -0.2) is 19.9 Å². The molecule has 2 aromatic heterocycles. The Hall–Kier alpha value is -2.08. The molecule has 0 bridgehead atoms. The standard InChI is InChI=1S/C18H15Cl2N5/c19-15-2-1-12(16(20)5-15)9-25-4-3-17-14(10-25)8-23-18(24-17)13-6-21-11-22-7-13/h1-2,5-8,11H,3-4,9-10H2. The molecule has 3 heterocycles. The number of fused-ring (bicyclic) bond motifs is 1. The second-order valence-corrected chi connectivity index (χ2v) is 6.83. The Morgan fingerprint density at radius 3 is 2.72 bits per heavy atom. The van der Waals surface area contributed by atoms with Crippen LogP contribution in [0.25, 0.3) is 11.4 Å². The Labute approximate surface area is 155 Å². The molecule has 0 unspecified atom stereocenters. The van der Waals surface area contributed by atoms with Crippen LogP contribution < -0.4 is 0 Å². The van der Waals surface area contributed by atoms with Crippen molar-refractivity contribution >= 4 is 23.2 Å². The SMILES string of the molecule is Clc1ccc(CN2CCc3nc(-c4cncnc4)ncc3C2)c(Cl)c1. The van der Waals surface area contributed by atoms with E-state index in [4.69, 9.17) is 28.2 Å². The zero-order valence-electron chi connectivity index (χ0n) is 13.4. The van der Waals surface area contributed by atoms with Gasteiger partial charge < -0.3 is 0 Å². The van der Waals surface area contributed by atoms with E-state index >= 15 is 0 Å². The van der Waals surface area contributed by atoms with Crippen LogP contribution in [0.5, 0.6) is 0 Å². The van der Waals surface area contributed by atoms with Gasteiger partial charge in [0.25, 0.3) is 0 Å². The number of benzene rings is 1. The van der Waals surface area contributed by atoms with Crippen molar-refractivity contribution in [3.8, 4) is 11.4 Å². The molecule has 0 spiro atoms. The van der Waals surface area contributed by atoms with Crippen molar-refractivity contribution in [2.24, 2.45) is 0 Å². The molecule has 0 amide bonds. The highest BCUT2D eigenvalue weighted by Gasteiger charge is 2.19. The average Bonchev–Trinajstić information content (AvgIpc) is 2.64. The molecule has 4 rings (SSSR count). The summed E-state index contributed by atoms with van der Waals surface area (Å²) in [6.45, 7) is 2.51.